The van der Waals surface area contributed by atoms with Gasteiger partial charge in [-0.3, -0.25) is 9.59 Å². The highest BCUT2D eigenvalue weighted by atomic mass is 16.5. The van der Waals surface area contributed by atoms with E-state index in [4.69, 9.17) is 8.94 Å². The van der Waals surface area contributed by atoms with E-state index in [0.717, 1.165) is 31.6 Å². The Hall–Kier alpha value is -2.64. The predicted octanol–water partition coefficient (Wildman–Crippen LogP) is 2.06. The van der Waals surface area contributed by atoms with Crippen molar-refractivity contribution >= 4 is 11.8 Å². The molecule has 0 bridgehead atoms. The first-order valence-electron chi connectivity index (χ1n) is 9.08. The van der Waals surface area contributed by atoms with Crippen LogP contribution in [-0.2, 0) is 4.79 Å². The minimum Gasteiger partial charge on any atom is -0.459 e. The van der Waals surface area contributed by atoms with Crippen LogP contribution in [0, 0.1) is 0 Å². The summed E-state index contributed by atoms with van der Waals surface area (Å²) in [5.41, 5.74) is 0. The smallest absolute Gasteiger partial charge is 0.287 e. The van der Waals surface area contributed by atoms with Crippen molar-refractivity contribution in [1.29, 1.82) is 0 Å². The van der Waals surface area contributed by atoms with Crippen LogP contribution in [0.5, 0.6) is 0 Å². The fourth-order valence-electron chi connectivity index (χ4n) is 3.31. The molecule has 2 atom stereocenters. The number of carbonyl (C=O) groups is 2. The van der Waals surface area contributed by atoms with E-state index in [0.29, 0.717) is 24.8 Å². The number of nitrogens with zero attached hydrogens (tertiary/aromatic N) is 3. The van der Waals surface area contributed by atoms with Gasteiger partial charge in [-0.2, -0.15) is 4.98 Å². The molecule has 2 amide bonds. The molecule has 2 fully saturated rings. The highest BCUT2D eigenvalue weighted by Gasteiger charge is 2.34. The lowest BCUT2D eigenvalue weighted by molar-refractivity contribution is -0.134. The van der Waals surface area contributed by atoms with E-state index in [9.17, 15) is 9.59 Å². The molecule has 1 saturated carbocycles. The number of likely N-dealkylation sites (tertiary alicyclic amines) is 1. The first kappa shape index (κ1) is 16.8. The number of hydrogen-bond acceptors (Lipinski definition) is 6. The van der Waals surface area contributed by atoms with Crippen molar-refractivity contribution in [3.05, 3.63) is 35.9 Å². The third-order valence-corrected chi connectivity index (χ3v) is 4.95. The van der Waals surface area contributed by atoms with E-state index in [1.54, 1.807) is 24.0 Å². The Morgan fingerprint density at radius 3 is 2.88 bits per heavy atom. The van der Waals surface area contributed by atoms with E-state index in [2.05, 4.69) is 15.5 Å². The van der Waals surface area contributed by atoms with Crippen LogP contribution in [0.4, 0.5) is 0 Å². The quantitative estimate of drug-likeness (QED) is 0.878. The summed E-state index contributed by atoms with van der Waals surface area (Å²) >= 11 is 0. The average molecular weight is 358 g/mol. The molecule has 0 spiro atoms. The van der Waals surface area contributed by atoms with E-state index >= 15 is 0 Å². The number of nitrogens with one attached hydrogen (secondary N) is 1. The molecule has 1 saturated heterocycles. The molecule has 3 heterocycles. The molecule has 2 aromatic heterocycles. The maximum atomic E-state index is 12.7. The van der Waals surface area contributed by atoms with Gasteiger partial charge in [0.25, 0.3) is 5.91 Å². The monoisotopic (exact) mass is 358 g/mol. The van der Waals surface area contributed by atoms with Crippen LogP contribution in [0.3, 0.4) is 0 Å². The van der Waals surface area contributed by atoms with Gasteiger partial charge in [-0.05, 0) is 44.7 Å². The van der Waals surface area contributed by atoms with Crippen LogP contribution >= 0.6 is 0 Å². The molecule has 138 valence electrons. The van der Waals surface area contributed by atoms with Gasteiger partial charge in [0.05, 0.1) is 6.26 Å². The van der Waals surface area contributed by atoms with Crippen molar-refractivity contribution < 1.29 is 18.5 Å². The van der Waals surface area contributed by atoms with Crippen molar-refractivity contribution in [1.82, 2.24) is 20.4 Å². The highest BCUT2D eigenvalue weighted by molar-refractivity contribution is 5.95. The molecule has 4 rings (SSSR count). The minimum absolute atomic E-state index is 0.0805. The molecule has 2 aliphatic rings. The third kappa shape index (κ3) is 3.49. The molecular formula is C18H22N4O4. The van der Waals surface area contributed by atoms with Crippen LogP contribution in [0.1, 0.15) is 66.7 Å². The molecule has 2 aromatic rings. The molecule has 26 heavy (non-hydrogen) atoms. The Kier molecular flexibility index (Phi) is 4.48. The molecule has 1 aliphatic heterocycles. The second kappa shape index (κ2) is 6.93. The lowest BCUT2D eigenvalue weighted by atomic mass is 9.97. The largest absolute Gasteiger partial charge is 0.459 e. The Morgan fingerprint density at radius 2 is 2.15 bits per heavy atom. The van der Waals surface area contributed by atoms with Crippen LogP contribution in [-0.4, -0.2) is 46.0 Å². The van der Waals surface area contributed by atoms with Crippen LogP contribution < -0.4 is 5.32 Å². The first-order valence-corrected chi connectivity index (χ1v) is 9.08. The summed E-state index contributed by atoms with van der Waals surface area (Å²) in [7, 11) is 0. The zero-order valence-electron chi connectivity index (χ0n) is 14.7. The van der Waals surface area contributed by atoms with Gasteiger partial charge in [0.1, 0.15) is 6.04 Å². The molecule has 0 aromatic carbocycles. The number of aromatic nitrogens is 2. The maximum absolute atomic E-state index is 12.7. The van der Waals surface area contributed by atoms with Gasteiger partial charge in [-0.1, -0.05) is 5.16 Å². The Bertz CT molecular complexity index is 781. The van der Waals surface area contributed by atoms with Crippen molar-refractivity contribution in [3.8, 4) is 0 Å². The summed E-state index contributed by atoms with van der Waals surface area (Å²) in [6.07, 6.45) is 5.47. The number of furan rings is 1. The summed E-state index contributed by atoms with van der Waals surface area (Å²) in [6, 6.07) is 2.58. The number of hydrogen-bond donors (Lipinski definition) is 1. The standard InChI is InChI=1S/C18H22N4O4/c1-11(19-16(23)14-5-3-9-25-14)18(24)22-8-2-4-13(10-22)15-20-17(26-21-15)12-6-7-12/h3,5,9,11-13H,2,4,6-8,10H2,1H3,(H,19,23). The van der Waals surface area contributed by atoms with Crippen LogP contribution in [0.15, 0.2) is 27.3 Å². The Balaban J connectivity index is 1.36. The van der Waals surface area contributed by atoms with Gasteiger partial charge in [0, 0.05) is 24.9 Å². The van der Waals surface area contributed by atoms with E-state index in [1.807, 2.05) is 0 Å². The van der Waals surface area contributed by atoms with Gasteiger partial charge >= 0.3 is 0 Å². The Labute approximate surface area is 150 Å². The average Bonchev–Trinajstić information content (AvgIpc) is 3.15. The molecule has 1 N–H and O–H groups in total. The Morgan fingerprint density at radius 1 is 1.31 bits per heavy atom. The third-order valence-electron chi connectivity index (χ3n) is 4.95. The zero-order valence-corrected chi connectivity index (χ0v) is 14.7. The van der Waals surface area contributed by atoms with Crippen LogP contribution in [0.25, 0.3) is 0 Å². The molecule has 2 unspecified atom stereocenters. The minimum atomic E-state index is -0.626. The van der Waals surface area contributed by atoms with Crippen molar-refractivity contribution in [3.63, 3.8) is 0 Å². The highest BCUT2D eigenvalue weighted by Crippen LogP contribution is 2.39. The van der Waals surface area contributed by atoms with Crippen molar-refractivity contribution in [2.24, 2.45) is 0 Å². The molecule has 8 nitrogen and oxygen atoms in total. The van der Waals surface area contributed by atoms with E-state index < -0.39 is 11.9 Å². The SMILES string of the molecule is CC(NC(=O)c1ccco1)C(=O)N1CCCC(c2noc(C3CC3)n2)C1. The van der Waals surface area contributed by atoms with E-state index in [-0.39, 0.29) is 17.6 Å². The molecule has 0 radical (unpaired) electrons. The summed E-state index contributed by atoms with van der Waals surface area (Å²) in [5.74, 6) is 1.61. The number of carbonyl (C=O) groups excluding carboxylic acids is 2. The number of piperidine rings is 1. The lowest BCUT2D eigenvalue weighted by Crippen LogP contribution is -2.49. The fourth-order valence-corrected chi connectivity index (χ4v) is 3.31. The summed E-state index contributed by atoms with van der Waals surface area (Å²) in [6.45, 7) is 2.90. The summed E-state index contributed by atoms with van der Waals surface area (Å²) in [5, 5.41) is 6.80. The van der Waals surface area contributed by atoms with E-state index in [1.165, 1.54) is 6.26 Å². The predicted molar refractivity (Wildman–Crippen MR) is 90.5 cm³/mol. The molecule has 8 heteroatoms. The van der Waals surface area contributed by atoms with Crippen molar-refractivity contribution in [2.45, 2.75) is 50.5 Å². The van der Waals surface area contributed by atoms with Gasteiger partial charge in [-0.25, -0.2) is 0 Å². The topological polar surface area (TPSA) is 101 Å². The number of amides is 2. The summed E-state index contributed by atoms with van der Waals surface area (Å²) in [4.78, 5) is 31.1. The second-order valence-electron chi connectivity index (χ2n) is 7.06. The van der Waals surface area contributed by atoms with Gasteiger partial charge in [0.2, 0.25) is 11.8 Å². The van der Waals surface area contributed by atoms with Crippen LogP contribution in [0.2, 0.25) is 0 Å². The van der Waals surface area contributed by atoms with Gasteiger partial charge in [0.15, 0.2) is 11.6 Å². The summed E-state index contributed by atoms with van der Waals surface area (Å²) < 4.78 is 10.4. The normalized spacial score (nSPS) is 21.4. The molecule has 1 aliphatic carbocycles. The second-order valence-corrected chi connectivity index (χ2v) is 7.06. The lowest BCUT2D eigenvalue weighted by Gasteiger charge is -2.33. The maximum Gasteiger partial charge on any atom is 0.287 e. The zero-order chi connectivity index (χ0) is 18.1. The molecular weight excluding hydrogens is 336 g/mol. The van der Waals surface area contributed by atoms with Gasteiger partial charge in [-0.15, -0.1) is 0 Å². The fraction of sp³-hybridized carbons (Fsp3) is 0.556. The van der Waals surface area contributed by atoms with Crippen molar-refractivity contribution in [2.75, 3.05) is 13.1 Å². The first-order chi connectivity index (χ1) is 12.6. The van der Waals surface area contributed by atoms with Gasteiger partial charge < -0.3 is 19.2 Å². The number of rotatable bonds is 5.